The molecule has 0 aliphatic carbocycles. The zero-order valence-electron chi connectivity index (χ0n) is 11.3. The van der Waals surface area contributed by atoms with Gasteiger partial charge < -0.3 is 15.2 Å². The summed E-state index contributed by atoms with van der Waals surface area (Å²) in [6.45, 7) is 1.37. The highest BCUT2D eigenvalue weighted by atomic mass is 16.5. The van der Waals surface area contributed by atoms with Crippen molar-refractivity contribution < 1.29 is 19.4 Å². The Hall–Kier alpha value is -1.88. The van der Waals surface area contributed by atoms with Gasteiger partial charge in [-0.05, 0) is 37.0 Å². The first kappa shape index (κ1) is 14.5. The third kappa shape index (κ3) is 4.35. The number of nitrogens with one attached hydrogen (secondary N) is 1. The van der Waals surface area contributed by atoms with Crippen LogP contribution in [0.5, 0.6) is 0 Å². The van der Waals surface area contributed by atoms with Crippen LogP contribution in [0.25, 0.3) is 0 Å². The fraction of sp³-hybridized carbons (Fsp3) is 0.467. The van der Waals surface area contributed by atoms with Crippen molar-refractivity contribution in [2.24, 2.45) is 0 Å². The molecule has 1 fully saturated rings. The number of carbonyl (C=O) groups is 2. The molecule has 2 rings (SSSR count). The van der Waals surface area contributed by atoms with Crippen LogP contribution in [0, 0.1) is 0 Å². The SMILES string of the molecule is O=C(CCc1ccc(C(=O)O)cc1)NCC1CCCO1. The molecule has 1 aromatic rings. The van der Waals surface area contributed by atoms with E-state index in [0.29, 0.717) is 19.4 Å². The predicted molar refractivity (Wildman–Crippen MR) is 73.7 cm³/mol. The van der Waals surface area contributed by atoms with E-state index in [9.17, 15) is 9.59 Å². The molecule has 1 saturated heterocycles. The van der Waals surface area contributed by atoms with Gasteiger partial charge in [-0.3, -0.25) is 4.79 Å². The van der Waals surface area contributed by atoms with E-state index in [-0.39, 0.29) is 17.6 Å². The lowest BCUT2D eigenvalue weighted by Gasteiger charge is -2.10. The second-order valence-corrected chi connectivity index (χ2v) is 4.94. The molecule has 1 aliphatic rings. The summed E-state index contributed by atoms with van der Waals surface area (Å²) in [7, 11) is 0. The Balaban J connectivity index is 1.70. The van der Waals surface area contributed by atoms with Crippen LogP contribution in [0.3, 0.4) is 0 Å². The summed E-state index contributed by atoms with van der Waals surface area (Å²) in [4.78, 5) is 22.4. The highest BCUT2D eigenvalue weighted by Crippen LogP contribution is 2.11. The van der Waals surface area contributed by atoms with Crippen LogP contribution in [-0.4, -0.2) is 36.2 Å². The summed E-state index contributed by atoms with van der Waals surface area (Å²) in [5, 5.41) is 11.7. The molecule has 20 heavy (non-hydrogen) atoms. The second-order valence-electron chi connectivity index (χ2n) is 4.94. The minimum atomic E-state index is -0.939. The molecule has 1 heterocycles. The second kappa shape index (κ2) is 7.05. The van der Waals surface area contributed by atoms with Crippen LogP contribution in [0.2, 0.25) is 0 Å². The number of rotatable bonds is 6. The summed E-state index contributed by atoms with van der Waals surface area (Å²) in [5.41, 5.74) is 1.22. The standard InChI is InChI=1S/C15H19NO4/c17-14(16-10-13-2-1-9-20-13)8-5-11-3-6-12(7-4-11)15(18)19/h3-4,6-7,13H,1-2,5,8-10H2,(H,16,17)(H,18,19). The van der Waals surface area contributed by atoms with Crippen molar-refractivity contribution in [3.63, 3.8) is 0 Å². The summed E-state index contributed by atoms with van der Waals surface area (Å²) < 4.78 is 5.43. The van der Waals surface area contributed by atoms with Crippen molar-refractivity contribution in [3.8, 4) is 0 Å². The molecule has 0 radical (unpaired) electrons. The molecule has 1 aromatic carbocycles. The fourth-order valence-electron chi connectivity index (χ4n) is 2.19. The maximum absolute atomic E-state index is 11.7. The molecule has 108 valence electrons. The fourth-order valence-corrected chi connectivity index (χ4v) is 2.19. The number of benzene rings is 1. The number of aryl methyl sites for hydroxylation is 1. The highest BCUT2D eigenvalue weighted by molar-refractivity contribution is 5.87. The molecule has 1 aliphatic heterocycles. The van der Waals surface area contributed by atoms with Crippen LogP contribution in [0.4, 0.5) is 0 Å². The van der Waals surface area contributed by atoms with Crippen LogP contribution in [0.1, 0.15) is 35.2 Å². The molecule has 0 aromatic heterocycles. The highest BCUT2D eigenvalue weighted by Gasteiger charge is 2.15. The molecule has 0 saturated carbocycles. The van der Waals surface area contributed by atoms with Gasteiger partial charge in [0.1, 0.15) is 0 Å². The average molecular weight is 277 g/mol. The molecule has 2 N–H and O–H groups in total. The van der Waals surface area contributed by atoms with Crippen LogP contribution in [0.15, 0.2) is 24.3 Å². The van der Waals surface area contributed by atoms with Gasteiger partial charge in [-0.2, -0.15) is 0 Å². The van der Waals surface area contributed by atoms with Gasteiger partial charge in [0.2, 0.25) is 5.91 Å². The number of carboxylic acid groups (broad SMARTS) is 1. The Kier molecular flexibility index (Phi) is 5.12. The number of carboxylic acids is 1. The Morgan fingerprint density at radius 2 is 2.05 bits per heavy atom. The number of ether oxygens (including phenoxy) is 1. The Labute approximate surface area is 117 Å². The number of aromatic carboxylic acids is 1. The Morgan fingerprint density at radius 1 is 1.30 bits per heavy atom. The molecular formula is C15H19NO4. The van der Waals surface area contributed by atoms with Gasteiger partial charge in [-0.1, -0.05) is 12.1 Å². The van der Waals surface area contributed by atoms with Crippen molar-refractivity contribution in [1.82, 2.24) is 5.32 Å². The maximum Gasteiger partial charge on any atom is 0.335 e. The van der Waals surface area contributed by atoms with Crippen molar-refractivity contribution in [2.45, 2.75) is 31.8 Å². The monoisotopic (exact) mass is 277 g/mol. The summed E-state index contributed by atoms with van der Waals surface area (Å²) in [5.74, 6) is -0.936. The minimum Gasteiger partial charge on any atom is -0.478 e. The Bertz CT molecular complexity index is 463. The van der Waals surface area contributed by atoms with Gasteiger partial charge in [0.15, 0.2) is 0 Å². The van der Waals surface area contributed by atoms with Gasteiger partial charge in [-0.25, -0.2) is 4.79 Å². The van der Waals surface area contributed by atoms with Crippen molar-refractivity contribution in [1.29, 1.82) is 0 Å². The minimum absolute atomic E-state index is 0.00260. The van der Waals surface area contributed by atoms with Crippen molar-refractivity contribution >= 4 is 11.9 Å². The first-order valence-corrected chi connectivity index (χ1v) is 6.85. The van der Waals surface area contributed by atoms with Gasteiger partial charge in [-0.15, -0.1) is 0 Å². The quantitative estimate of drug-likeness (QED) is 0.828. The molecule has 1 atom stereocenters. The van der Waals surface area contributed by atoms with Gasteiger partial charge in [0, 0.05) is 19.6 Å². The summed E-state index contributed by atoms with van der Waals surface area (Å²) in [6, 6.07) is 6.61. The van der Waals surface area contributed by atoms with E-state index in [4.69, 9.17) is 9.84 Å². The molecule has 1 unspecified atom stereocenters. The lowest BCUT2D eigenvalue weighted by atomic mass is 10.1. The number of hydrogen-bond donors (Lipinski definition) is 2. The van der Waals surface area contributed by atoms with E-state index in [2.05, 4.69) is 5.32 Å². The number of amides is 1. The zero-order chi connectivity index (χ0) is 14.4. The smallest absolute Gasteiger partial charge is 0.335 e. The van der Waals surface area contributed by atoms with Crippen LogP contribution < -0.4 is 5.32 Å². The zero-order valence-corrected chi connectivity index (χ0v) is 11.3. The van der Waals surface area contributed by atoms with E-state index in [1.165, 1.54) is 0 Å². The van der Waals surface area contributed by atoms with Gasteiger partial charge >= 0.3 is 5.97 Å². The third-order valence-electron chi connectivity index (χ3n) is 3.39. The lowest BCUT2D eigenvalue weighted by molar-refractivity contribution is -0.121. The van der Waals surface area contributed by atoms with Gasteiger partial charge in [0.25, 0.3) is 0 Å². The molecule has 5 nitrogen and oxygen atoms in total. The average Bonchev–Trinajstić information content (AvgIpc) is 2.96. The van der Waals surface area contributed by atoms with E-state index in [0.717, 1.165) is 25.0 Å². The van der Waals surface area contributed by atoms with Crippen molar-refractivity contribution in [3.05, 3.63) is 35.4 Å². The number of carbonyl (C=O) groups excluding carboxylic acids is 1. The Morgan fingerprint density at radius 3 is 2.65 bits per heavy atom. The van der Waals surface area contributed by atoms with Crippen LogP contribution >= 0.6 is 0 Å². The molecule has 0 bridgehead atoms. The maximum atomic E-state index is 11.7. The lowest BCUT2D eigenvalue weighted by Crippen LogP contribution is -2.31. The largest absolute Gasteiger partial charge is 0.478 e. The van der Waals surface area contributed by atoms with E-state index in [1.54, 1.807) is 24.3 Å². The third-order valence-corrected chi connectivity index (χ3v) is 3.39. The summed E-state index contributed by atoms with van der Waals surface area (Å²) >= 11 is 0. The molecule has 0 spiro atoms. The van der Waals surface area contributed by atoms with Gasteiger partial charge in [0.05, 0.1) is 11.7 Å². The molecule has 5 heteroatoms. The predicted octanol–water partition coefficient (Wildman–Crippen LogP) is 1.61. The van der Waals surface area contributed by atoms with E-state index >= 15 is 0 Å². The molecular weight excluding hydrogens is 258 g/mol. The topological polar surface area (TPSA) is 75.6 Å². The van der Waals surface area contributed by atoms with Crippen LogP contribution in [-0.2, 0) is 16.0 Å². The first-order valence-electron chi connectivity index (χ1n) is 6.85. The van der Waals surface area contributed by atoms with Crippen molar-refractivity contribution in [2.75, 3.05) is 13.2 Å². The summed E-state index contributed by atoms with van der Waals surface area (Å²) in [6.07, 6.45) is 3.25. The molecule has 1 amide bonds. The first-order chi connectivity index (χ1) is 9.65. The van der Waals surface area contributed by atoms with E-state index < -0.39 is 5.97 Å². The number of hydrogen-bond acceptors (Lipinski definition) is 3. The van der Waals surface area contributed by atoms with E-state index in [1.807, 2.05) is 0 Å². The normalized spacial score (nSPS) is 17.9.